The zero-order chi connectivity index (χ0) is 15.6. The van der Waals surface area contributed by atoms with E-state index in [2.05, 4.69) is 10.6 Å². The minimum atomic E-state index is -0.170. The second-order valence-electron chi connectivity index (χ2n) is 8.71. The number of fused-ring (bicyclic) bond motifs is 5. The number of carbonyl (C=O) groups excluding carboxylic acids is 2. The van der Waals surface area contributed by atoms with Gasteiger partial charge in [0.25, 0.3) is 0 Å². The normalized spacial score (nSPS) is 42.5. The average Bonchev–Trinajstić information content (AvgIpc) is 2.80. The predicted octanol–water partition coefficient (Wildman–Crippen LogP) is 1.73. The Hall–Kier alpha value is -1.26. The smallest absolute Gasteiger partial charge is 0.315 e. The summed E-state index contributed by atoms with van der Waals surface area (Å²) in [7, 11) is 0. The number of amides is 3. The molecule has 1 aliphatic heterocycles. The van der Waals surface area contributed by atoms with Gasteiger partial charge in [0.15, 0.2) is 0 Å². The Morgan fingerprint density at radius 3 is 2.32 bits per heavy atom. The summed E-state index contributed by atoms with van der Waals surface area (Å²) in [5, 5.41) is 6.18. The average molecular weight is 305 g/mol. The first kappa shape index (κ1) is 14.3. The van der Waals surface area contributed by atoms with Crippen LogP contribution in [0.5, 0.6) is 0 Å². The van der Waals surface area contributed by atoms with E-state index in [4.69, 9.17) is 0 Å². The molecule has 0 spiro atoms. The van der Waals surface area contributed by atoms with E-state index in [1.165, 1.54) is 19.3 Å². The second kappa shape index (κ2) is 4.62. The van der Waals surface area contributed by atoms with Crippen LogP contribution in [-0.2, 0) is 4.79 Å². The van der Waals surface area contributed by atoms with Gasteiger partial charge in [-0.1, -0.05) is 0 Å². The highest BCUT2D eigenvalue weighted by Crippen LogP contribution is 2.65. The maximum absolute atomic E-state index is 12.2. The van der Waals surface area contributed by atoms with E-state index in [9.17, 15) is 9.59 Å². The molecular weight excluding hydrogens is 278 g/mol. The molecule has 3 amide bonds. The van der Waals surface area contributed by atoms with E-state index in [0.717, 1.165) is 23.7 Å². The number of nitrogens with zero attached hydrogens (tertiary/aromatic N) is 1. The minimum Gasteiger partial charge on any atom is -0.336 e. The molecule has 1 heterocycles. The van der Waals surface area contributed by atoms with Gasteiger partial charge in [-0.2, -0.15) is 0 Å². The zero-order valence-electron chi connectivity index (χ0n) is 13.8. The van der Waals surface area contributed by atoms with Crippen molar-refractivity contribution in [1.82, 2.24) is 15.5 Å². The Morgan fingerprint density at radius 1 is 1.14 bits per heavy atom. The van der Waals surface area contributed by atoms with Gasteiger partial charge in [0.1, 0.15) is 0 Å². The first-order valence-electron chi connectivity index (χ1n) is 8.72. The standard InChI is InChI=1S/C17H27N3O2/c1-17(2,3)20-8-11(7-12(20)21)18-16(22)19-15-13-9-4-5-10(6-9)14(13)15/h9-11,13-15H,4-8H2,1-3H3,(H2,18,19,22)/t9-,10-,11+,13+,14+/m0/s1. The summed E-state index contributed by atoms with van der Waals surface area (Å²) < 4.78 is 0. The zero-order valence-corrected chi connectivity index (χ0v) is 13.8. The molecule has 5 heteroatoms. The van der Waals surface area contributed by atoms with Gasteiger partial charge < -0.3 is 15.5 Å². The summed E-state index contributed by atoms with van der Waals surface area (Å²) >= 11 is 0. The fourth-order valence-corrected chi connectivity index (χ4v) is 5.35. The van der Waals surface area contributed by atoms with Crippen LogP contribution in [0.2, 0.25) is 0 Å². The fourth-order valence-electron chi connectivity index (χ4n) is 5.35. The van der Waals surface area contributed by atoms with E-state index < -0.39 is 0 Å². The first-order chi connectivity index (χ1) is 10.3. The van der Waals surface area contributed by atoms with Crippen LogP contribution >= 0.6 is 0 Å². The maximum atomic E-state index is 12.2. The topological polar surface area (TPSA) is 61.4 Å². The van der Waals surface area contributed by atoms with Crippen molar-refractivity contribution in [3.63, 3.8) is 0 Å². The van der Waals surface area contributed by atoms with Gasteiger partial charge in [-0.25, -0.2) is 4.79 Å². The van der Waals surface area contributed by atoms with E-state index in [1.54, 1.807) is 0 Å². The van der Waals surface area contributed by atoms with Crippen molar-refractivity contribution in [2.24, 2.45) is 23.7 Å². The molecule has 2 N–H and O–H groups in total. The molecule has 1 saturated heterocycles. The Kier molecular flexibility index (Phi) is 3.01. The highest BCUT2D eigenvalue weighted by molar-refractivity contribution is 5.82. The van der Waals surface area contributed by atoms with Gasteiger partial charge in [0.2, 0.25) is 5.91 Å². The van der Waals surface area contributed by atoms with Crippen molar-refractivity contribution in [3.8, 4) is 0 Å². The lowest BCUT2D eigenvalue weighted by molar-refractivity contribution is -0.131. The van der Waals surface area contributed by atoms with Crippen LogP contribution in [0.1, 0.15) is 46.5 Å². The number of hydrogen-bond acceptors (Lipinski definition) is 2. The SMILES string of the molecule is CC(C)(C)N1C[C@H](NC(=O)NC2[C@@H]3[C@H]4CC[C@@H](C4)[C@@H]23)CC1=O. The second-order valence-corrected chi connectivity index (χ2v) is 8.71. The molecule has 3 aliphatic carbocycles. The van der Waals surface area contributed by atoms with Crippen LogP contribution in [-0.4, -0.2) is 41.0 Å². The number of carbonyl (C=O) groups is 2. The molecule has 5 nitrogen and oxygen atoms in total. The van der Waals surface area contributed by atoms with Crippen LogP contribution in [0.3, 0.4) is 0 Å². The monoisotopic (exact) mass is 305 g/mol. The third-order valence-electron chi connectivity index (χ3n) is 6.30. The van der Waals surface area contributed by atoms with Gasteiger partial charge in [-0.15, -0.1) is 0 Å². The molecule has 22 heavy (non-hydrogen) atoms. The van der Waals surface area contributed by atoms with Crippen LogP contribution in [0.25, 0.3) is 0 Å². The summed E-state index contributed by atoms with van der Waals surface area (Å²) in [5.41, 5.74) is -0.170. The third-order valence-corrected chi connectivity index (χ3v) is 6.30. The van der Waals surface area contributed by atoms with Crippen molar-refractivity contribution in [3.05, 3.63) is 0 Å². The number of rotatable bonds is 2. The number of hydrogen-bond donors (Lipinski definition) is 2. The van der Waals surface area contributed by atoms with Crippen LogP contribution in [0.4, 0.5) is 4.79 Å². The lowest BCUT2D eigenvalue weighted by Gasteiger charge is -2.32. The van der Waals surface area contributed by atoms with E-state index in [1.807, 2.05) is 25.7 Å². The fraction of sp³-hybridized carbons (Fsp3) is 0.882. The Balaban J connectivity index is 1.28. The molecule has 4 aliphatic rings. The molecule has 0 aromatic carbocycles. The van der Waals surface area contributed by atoms with Crippen molar-refractivity contribution in [2.75, 3.05) is 6.54 Å². The van der Waals surface area contributed by atoms with E-state index in [-0.39, 0.29) is 23.5 Å². The first-order valence-corrected chi connectivity index (χ1v) is 8.72. The van der Waals surface area contributed by atoms with Crippen molar-refractivity contribution in [2.45, 2.75) is 64.1 Å². The quantitative estimate of drug-likeness (QED) is 0.816. The molecule has 2 bridgehead atoms. The lowest BCUT2D eigenvalue weighted by atomic mass is 10.0. The Labute approximate surface area is 132 Å². The lowest BCUT2D eigenvalue weighted by Crippen LogP contribution is -2.47. The summed E-state index contributed by atoms with van der Waals surface area (Å²) in [5.74, 6) is 3.37. The molecule has 4 rings (SSSR count). The van der Waals surface area contributed by atoms with Crippen LogP contribution in [0.15, 0.2) is 0 Å². The third kappa shape index (κ3) is 2.20. The largest absolute Gasteiger partial charge is 0.336 e. The maximum Gasteiger partial charge on any atom is 0.315 e. The molecule has 0 radical (unpaired) electrons. The number of nitrogens with one attached hydrogen (secondary N) is 2. The number of likely N-dealkylation sites (tertiary alicyclic amines) is 1. The molecule has 0 unspecified atom stereocenters. The molecule has 0 aromatic rings. The van der Waals surface area contributed by atoms with Crippen molar-refractivity contribution < 1.29 is 9.59 Å². The molecular formula is C17H27N3O2. The van der Waals surface area contributed by atoms with Gasteiger partial charge in [0, 0.05) is 24.5 Å². The Bertz CT molecular complexity index is 497. The van der Waals surface area contributed by atoms with Gasteiger partial charge in [0.05, 0.1) is 6.04 Å². The number of urea groups is 1. The van der Waals surface area contributed by atoms with Crippen molar-refractivity contribution in [1.29, 1.82) is 0 Å². The molecule has 3 saturated carbocycles. The van der Waals surface area contributed by atoms with Gasteiger partial charge in [-0.3, -0.25) is 4.79 Å². The summed E-state index contributed by atoms with van der Waals surface area (Å²) in [6.45, 7) is 6.73. The van der Waals surface area contributed by atoms with Gasteiger partial charge >= 0.3 is 6.03 Å². The van der Waals surface area contributed by atoms with Crippen molar-refractivity contribution >= 4 is 11.9 Å². The minimum absolute atomic E-state index is 0.0537. The molecule has 0 aromatic heterocycles. The highest BCUT2D eigenvalue weighted by atomic mass is 16.2. The summed E-state index contributed by atoms with van der Waals surface area (Å²) in [6.07, 6.45) is 4.55. The summed E-state index contributed by atoms with van der Waals surface area (Å²) in [4.78, 5) is 26.1. The van der Waals surface area contributed by atoms with E-state index >= 15 is 0 Å². The predicted molar refractivity (Wildman–Crippen MR) is 83.1 cm³/mol. The van der Waals surface area contributed by atoms with Gasteiger partial charge in [-0.05, 0) is 63.7 Å². The molecule has 122 valence electrons. The van der Waals surface area contributed by atoms with Crippen LogP contribution in [0, 0.1) is 23.7 Å². The highest BCUT2D eigenvalue weighted by Gasteiger charge is 2.65. The molecule has 5 atom stereocenters. The van der Waals surface area contributed by atoms with E-state index in [0.29, 0.717) is 19.0 Å². The Morgan fingerprint density at radius 2 is 1.77 bits per heavy atom. The van der Waals surface area contributed by atoms with Crippen LogP contribution < -0.4 is 10.6 Å². The molecule has 4 fully saturated rings. The summed E-state index contributed by atoms with van der Waals surface area (Å²) in [6, 6.07) is 0.275.